The van der Waals surface area contributed by atoms with Crippen molar-refractivity contribution in [1.82, 2.24) is 20.9 Å². The minimum atomic E-state index is -1.38. The van der Waals surface area contributed by atoms with Gasteiger partial charge in [0.2, 0.25) is 23.6 Å². The quantitative estimate of drug-likeness (QED) is 0.155. The number of hydrogen-bond donors (Lipinski definition) is 7. The van der Waals surface area contributed by atoms with Crippen LogP contribution in [0.1, 0.15) is 24.5 Å². The smallest absolute Gasteiger partial charge is 0.326 e. The lowest BCUT2D eigenvalue weighted by Gasteiger charge is -2.23. The van der Waals surface area contributed by atoms with E-state index in [4.69, 9.17) is 11.5 Å². The van der Waals surface area contributed by atoms with Gasteiger partial charge >= 0.3 is 5.97 Å². The Morgan fingerprint density at radius 2 is 1.49 bits per heavy atom. The lowest BCUT2D eigenvalue weighted by molar-refractivity contribution is -0.142. The Morgan fingerprint density at radius 3 is 2.15 bits per heavy atom. The molecule has 0 fully saturated rings. The van der Waals surface area contributed by atoms with Gasteiger partial charge in [-0.2, -0.15) is 0 Å². The summed E-state index contributed by atoms with van der Waals surface area (Å²) in [5.41, 5.74) is 13.6. The summed E-state index contributed by atoms with van der Waals surface area (Å²) in [5.74, 6) is -4.39. The zero-order valence-corrected chi connectivity index (χ0v) is 21.3. The molecule has 0 saturated heterocycles. The van der Waals surface area contributed by atoms with Gasteiger partial charge in [0.15, 0.2) is 0 Å². The molecule has 2 aromatic carbocycles. The van der Waals surface area contributed by atoms with Crippen LogP contribution in [-0.4, -0.2) is 63.9 Å². The molecule has 0 saturated carbocycles. The first-order valence-corrected chi connectivity index (χ1v) is 12.3. The molecule has 0 aliphatic rings. The predicted molar refractivity (Wildman–Crippen MR) is 143 cm³/mol. The van der Waals surface area contributed by atoms with Crippen molar-refractivity contribution < 1.29 is 29.1 Å². The number of carboxylic acids is 1. The van der Waals surface area contributed by atoms with Gasteiger partial charge in [-0.25, -0.2) is 4.79 Å². The van der Waals surface area contributed by atoms with Gasteiger partial charge in [0, 0.05) is 23.5 Å². The number of aromatic nitrogens is 1. The second-order valence-electron chi connectivity index (χ2n) is 9.22. The number of nitrogens with one attached hydrogen (secondary N) is 4. The highest BCUT2D eigenvalue weighted by Crippen LogP contribution is 2.19. The van der Waals surface area contributed by atoms with Gasteiger partial charge in [-0.05, 0) is 30.5 Å². The molecule has 39 heavy (non-hydrogen) atoms. The Bertz CT molecular complexity index is 1340. The number of para-hydroxylation sites is 1. The molecule has 0 aliphatic carbocycles. The number of fused-ring (bicyclic) bond motifs is 1. The first-order chi connectivity index (χ1) is 18.5. The lowest BCUT2D eigenvalue weighted by Crippen LogP contribution is -2.57. The van der Waals surface area contributed by atoms with Crippen molar-refractivity contribution in [2.45, 2.75) is 50.4 Å². The van der Waals surface area contributed by atoms with Crippen LogP contribution in [0.3, 0.4) is 0 Å². The van der Waals surface area contributed by atoms with E-state index in [1.807, 2.05) is 30.3 Å². The number of rotatable bonds is 13. The summed E-state index contributed by atoms with van der Waals surface area (Å²) in [4.78, 5) is 64.7. The molecule has 0 spiro atoms. The van der Waals surface area contributed by atoms with Crippen LogP contribution in [0.25, 0.3) is 10.9 Å². The Kier molecular flexibility index (Phi) is 9.76. The average molecular weight is 537 g/mol. The van der Waals surface area contributed by atoms with Crippen molar-refractivity contribution in [3.63, 3.8) is 0 Å². The highest BCUT2D eigenvalue weighted by Gasteiger charge is 2.29. The van der Waals surface area contributed by atoms with Crippen LogP contribution >= 0.6 is 0 Å². The van der Waals surface area contributed by atoms with Crippen molar-refractivity contribution in [2.75, 3.05) is 0 Å². The van der Waals surface area contributed by atoms with E-state index in [0.717, 1.165) is 16.5 Å². The monoisotopic (exact) mass is 536 g/mol. The number of hydrogen-bond acceptors (Lipinski definition) is 6. The van der Waals surface area contributed by atoms with Crippen LogP contribution in [0.4, 0.5) is 0 Å². The molecule has 12 nitrogen and oxygen atoms in total. The van der Waals surface area contributed by atoms with Gasteiger partial charge in [0.1, 0.15) is 18.1 Å². The lowest BCUT2D eigenvalue weighted by atomic mass is 10.0. The van der Waals surface area contributed by atoms with Crippen molar-refractivity contribution in [2.24, 2.45) is 11.5 Å². The standard InChI is InChI=1S/C27H32N6O6/c1-15(24(35)33-22(27(38)39)12-17-14-30-20-10-6-5-9-18(17)20)31-26(37)21(13-23(29)34)32-25(36)19(28)11-16-7-3-2-4-8-16/h2-10,14-15,19,21-22,30H,11-13,28H2,1H3,(H2,29,34)(H,31,37)(H,32,36)(H,33,35)(H,38,39). The fourth-order valence-electron chi connectivity index (χ4n) is 4.05. The molecule has 3 aromatic rings. The molecule has 4 unspecified atom stereocenters. The van der Waals surface area contributed by atoms with E-state index >= 15 is 0 Å². The largest absolute Gasteiger partial charge is 0.480 e. The Hall–Kier alpha value is -4.71. The second-order valence-corrected chi connectivity index (χ2v) is 9.22. The molecule has 0 aliphatic heterocycles. The molecular formula is C27H32N6O6. The van der Waals surface area contributed by atoms with E-state index in [9.17, 15) is 29.1 Å². The number of benzene rings is 2. The molecule has 4 amide bonds. The van der Waals surface area contributed by atoms with Crippen molar-refractivity contribution in [3.05, 3.63) is 71.9 Å². The maximum Gasteiger partial charge on any atom is 0.326 e. The minimum absolute atomic E-state index is 0.00537. The first kappa shape index (κ1) is 28.9. The van der Waals surface area contributed by atoms with Crippen LogP contribution in [0, 0.1) is 0 Å². The Balaban J connectivity index is 1.61. The number of amides is 4. The minimum Gasteiger partial charge on any atom is -0.480 e. The molecule has 9 N–H and O–H groups in total. The predicted octanol–water partition coefficient (Wildman–Crippen LogP) is -0.285. The number of carbonyl (C=O) groups excluding carboxylic acids is 4. The highest BCUT2D eigenvalue weighted by atomic mass is 16.4. The fraction of sp³-hybridized carbons (Fsp3) is 0.296. The highest BCUT2D eigenvalue weighted by molar-refractivity contribution is 5.96. The van der Waals surface area contributed by atoms with Gasteiger partial charge in [0.05, 0.1) is 12.5 Å². The van der Waals surface area contributed by atoms with Crippen molar-refractivity contribution in [3.8, 4) is 0 Å². The number of H-pyrrole nitrogens is 1. The Morgan fingerprint density at radius 1 is 0.846 bits per heavy atom. The average Bonchev–Trinajstić information content (AvgIpc) is 3.30. The van der Waals surface area contributed by atoms with Crippen LogP contribution in [-0.2, 0) is 36.8 Å². The van der Waals surface area contributed by atoms with Gasteiger partial charge in [-0.15, -0.1) is 0 Å². The SMILES string of the molecule is CC(NC(=O)C(CC(N)=O)NC(=O)C(N)Cc1ccccc1)C(=O)NC(Cc1c[nH]c2ccccc12)C(=O)O. The van der Waals surface area contributed by atoms with E-state index in [1.54, 1.807) is 30.5 Å². The zero-order valence-electron chi connectivity index (χ0n) is 21.3. The maximum absolute atomic E-state index is 12.9. The molecule has 0 bridgehead atoms. The van der Waals surface area contributed by atoms with Gasteiger partial charge in [-0.1, -0.05) is 48.5 Å². The van der Waals surface area contributed by atoms with E-state index in [0.29, 0.717) is 5.56 Å². The summed E-state index contributed by atoms with van der Waals surface area (Å²) in [6.45, 7) is 1.35. The first-order valence-electron chi connectivity index (χ1n) is 12.3. The molecule has 206 valence electrons. The summed E-state index contributed by atoms with van der Waals surface area (Å²) >= 11 is 0. The maximum atomic E-state index is 12.9. The third-order valence-electron chi connectivity index (χ3n) is 6.14. The number of aromatic amines is 1. The fourth-order valence-corrected chi connectivity index (χ4v) is 4.05. The van der Waals surface area contributed by atoms with E-state index in [1.165, 1.54) is 6.92 Å². The van der Waals surface area contributed by atoms with Crippen molar-refractivity contribution in [1.29, 1.82) is 0 Å². The zero-order chi connectivity index (χ0) is 28.5. The van der Waals surface area contributed by atoms with E-state index < -0.39 is 60.2 Å². The summed E-state index contributed by atoms with van der Waals surface area (Å²) in [6.07, 6.45) is 1.36. The third-order valence-corrected chi connectivity index (χ3v) is 6.14. The van der Waals surface area contributed by atoms with Crippen LogP contribution < -0.4 is 27.4 Å². The molecule has 4 atom stereocenters. The van der Waals surface area contributed by atoms with Gasteiger partial charge < -0.3 is 37.5 Å². The summed E-state index contributed by atoms with van der Waals surface area (Å²) < 4.78 is 0. The van der Waals surface area contributed by atoms with E-state index in [2.05, 4.69) is 20.9 Å². The van der Waals surface area contributed by atoms with Crippen LogP contribution in [0.2, 0.25) is 0 Å². The second kappa shape index (κ2) is 13.2. The number of nitrogens with two attached hydrogens (primary N) is 2. The Labute approximate surface area is 224 Å². The number of primary amides is 1. The number of aliphatic carboxylic acids is 1. The third kappa shape index (κ3) is 8.14. The topological polar surface area (TPSA) is 209 Å². The molecule has 3 rings (SSSR count). The van der Waals surface area contributed by atoms with Gasteiger partial charge in [-0.3, -0.25) is 19.2 Å². The van der Waals surface area contributed by atoms with Crippen LogP contribution in [0.5, 0.6) is 0 Å². The molecule has 0 radical (unpaired) electrons. The molecule has 12 heteroatoms. The molecular weight excluding hydrogens is 504 g/mol. The van der Waals surface area contributed by atoms with E-state index in [-0.39, 0.29) is 12.8 Å². The summed E-state index contributed by atoms with van der Waals surface area (Å²) in [7, 11) is 0. The normalized spacial score (nSPS) is 14.0. The number of carbonyl (C=O) groups is 5. The summed E-state index contributed by atoms with van der Waals surface area (Å²) in [6, 6.07) is 11.5. The molecule has 1 aromatic heterocycles. The number of carboxylic acid groups (broad SMARTS) is 1. The van der Waals surface area contributed by atoms with Gasteiger partial charge in [0.25, 0.3) is 0 Å². The van der Waals surface area contributed by atoms with Crippen molar-refractivity contribution >= 4 is 40.5 Å². The summed E-state index contributed by atoms with van der Waals surface area (Å²) in [5, 5.41) is 17.7. The molecule has 1 heterocycles. The van der Waals surface area contributed by atoms with Crippen LogP contribution in [0.15, 0.2) is 60.8 Å².